The van der Waals surface area contributed by atoms with Gasteiger partial charge in [-0.15, -0.1) is 23.4 Å². The first-order valence-electron chi connectivity index (χ1n) is 10.0. The number of nitrogens with one attached hydrogen (secondary N) is 1. The van der Waals surface area contributed by atoms with E-state index in [0.29, 0.717) is 12.0 Å². The first kappa shape index (κ1) is 22.1. The summed E-state index contributed by atoms with van der Waals surface area (Å²) in [5.41, 5.74) is 0.473. The molecule has 172 valence electrons. The molecule has 0 radical (unpaired) electrons. The molecule has 0 bridgehead atoms. The first-order chi connectivity index (χ1) is 14.5. The van der Waals surface area contributed by atoms with Gasteiger partial charge in [0.1, 0.15) is 6.61 Å². The van der Waals surface area contributed by atoms with Crippen LogP contribution in [0, 0.1) is 11.8 Å². The van der Waals surface area contributed by atoms with Crippen molar-refractivity contribution in [2.75, 3.05) is 13.2 Å². The molecule has 0 saturated heterocycles. The number of carbonyl (C=O) groups is 1. The van der Waals surface area contributed by atoms with Crippen molar-refractivity contribution in [3.8, 4) is 0 Å². The van der Waals surface area contributed by atoms with Crippen LogP contribution in [0.1, 0.15) is 49.8 Å². The van der Waals surface area contributed by atoms with Gasteiger partial charge in [0.25, 0.3) is 5.92 Å². The molecule has 0 aromatic carbocycles. The third kappa shape index (κ3) is 5.05. The average molecular weight is 451 g/mol. The minimum absolute atomic E-state index is 0.143. The number of amides is 1. The van der Waals surface area contributed by atoms with Crippen molar-refractivity contribution in [2.45, 2.75) is 62.5 Å². The number of hydrogen-bond donors (Lipinski definition) is 1. The molecule has 1 aromatic rings. The highest BCUT2D eigenvalue weighted by Gasteiger charge is 2.71. The predicted molar refractivity (Wildman–Crippen MR) is 94.8 cm³/mol. The Labute approximate surface area is 174 Å². The van der Waals surface area contributed by atoms with E-state index >= 15 is 0 Å². The molecule has 0 spiro atoms. The van der Waals surface area contributed by atoms with Crippen LogP contribution in [0.2, 0.25) is 0 Å². The molecular formula is C19H22F5N3O4. The largest absolute Gasteiger partial charge is 0.522 e. The number of nitrogens with zero attached hydrogens (tertiary/aromatic N) is 2. The number of ether oxygens (including phenoxy) is 2. The number of alkyl halides is 5. The lowest BCUT2D eigenvalue weighted by Crippen LogP contribution is -2.34. The minimum atomic E-state index is -4.66. The highest BCUT2D eigenvalue weighted by Crippen LogP contribution is 2.64. The fraction of sp³-hybridized carbons (Fsp3) is 0.737. The average Bonchev–Trinajstić information content (AvgIpc) is 3.11. The number of aromatic nitrogens is 2. The Balaban J connectivity index is 1.11. The first-order valence-corrected chi connectivity index (χ1v) is 10.0. The van der Waals surface area contributed by atoms with Crippen LogP contribution < -0.4 is 5.32 Å². The lowest BCUT2D eigenvalue weighted by atomic mass is 9.82. The Morgan fingerprint density at radius 3 is 2.48 bits per heavy atom. The molecule has 2 unspecified atom stereocenters. The maximum atomic E-state index is 13.1. The molecule has 31 heavy (non-hydrogen) atoms. The molecule has 3 aliphatic carbocycles. The third-order valence-corrected chi connectivity index (χ3v) is 6.09. The van der Waals surface area contributed by atoms with Crippen LogP contribution in [0.25, 0.3) is 5.57 Å². The fourth-order valence-corrected chi connectivity index (χ4v) is 4.20. The zero-order valence-electron chi connectivity index (χ0n) is 16.5. The zero-order chi connectivity index (χ0) is 22.4. The Morgan fingerprint density at radius 2 is 1.84 bits per heavy atom. The second-order valence-electron chi connectivity index (χ2n) is 8.29. The number of fused-ring (bicyclic) bond motifs is 1. The Kier molecular flexibility index (Phi) is 5.80. The summed E-state index contributed by atoms with van der Waals surface area (Å²) in [6, 6.07) is 0. The van der Waals surface area contributed by atoms with E-state index in [1.165, 1.54) is 0 Å². The van der Waals surface area contributed by atoms with Gasteiger partial charge in [-0.1, -0.05) is 6.58 Å². The summed E-state index contributed by atoms with van der Waals surface area (Å²) in [7, 11) is 0. The lowest BCUT2D eigenvalue weighted by molar-refractivity contribution is -0.352. The Bertz CT molecular complexity index is 823. The Hall–Kier alpha value is -2.08. The maximum absolute atomic E-state index is 13.1. The SMILES string of the molecule is C=C(CCNC(=O)COC1CC2C(C1)C2(F)F)c1nnc([C@H]2C[C@@H](OC(F)(F)F)C2)o1. The Morgan fingerprint density at radius 1 is 1.16 bits per heavy atom. The predicted octanol–water partition coefficient (Wildman–Crippen LogP) is 3.43. The van der Waals surface area contributed by atoms with E-state index in [4.69, 9.17) is 9.15 Å². The zero-order valence-corrected chi connectivity index (χ0v) is 16.5. The molecule has 12 heteroatoms. The topological polar surface area (TPSA) is 86.5 Å². The third-order valence-electron chi connectivity index (χ3n) is 6.09. The monoisotopic (exact) mass is 451 g/mol. The van der Waals surface area contributed by atoms with Gasteiger partial charge in [-0.25, -0.2) is 8.78 Å². The van der Waals surface area contributed by atoms with E-state index in [0.717, 1.165) is 0 Å². The number of rotatable bonds is 9. The summed E-state index contributed by atoms with van der Waals surface area (Å²) in [5.74, 6) is -4.04. The summed E-state index contributed by atoms with van der Waals surface area (Å²) in [4.78, 5) is 11.9. The molecule has 4 rings (SSSR count). The molecule has 3 saturated carbocycles. The molecule has 1 heterocycles. The summed E-state index contributed by atoms with van der Waals surface area (Å²) >= 11 is 0. The van der Waals surface area contributed by atoms with Gasteiger partial charge in [0.15, 0.2) is 0 Å². The standard InChI is InChI=1S/C19H22F5N3O4/c1-9(16-26-27-17(30-16)10-4-12(5-10)31-19(22,23)24)2-3-25-15(28)8-29-11-6-13-14(7-11)18(13,20)21/h10-14H,1-8H2,(H,25,28)/t10-,11?,12+,13?,14?. The van der Waals surface area contributed by atoms with Crippen molar-refractivity contribution in [2.24, 2.45) is 11.8 Å². The van der Waals surface area contributed by atoms with Crippen LogP contribution in [-0.2, 0) is 14.3 Å². The van der Waals surface area contributed by atoms with E-state index in [-0.39, 0.29) is 68.5 Å². The molecule has 1 N–H and O–H groups in total. The van der Waals surface area contributed by atoms with E-state index < -0.39 is 30.2 Å². The van der Waals surface area contributed by atoms with Gasteiger partial charge >= 0.3 is 6.36 Å². The fourth-order valence-electron chi connectivity index (χ4n) is 4.20. The van der Waals surface area contributed by atoms with E-state index in [1.54, 1.807) is 0 Å². The van der Waals surface area contributed by atoms with E-state index in [9.17, 15) is 26.7 Å². The number of hydrogen-bond acceptors (Lipinski definition) is 6. The molecule has 1 aromatic heterocycles. The smallest absolute Gasteiger partial charge is 0.421 e. The molecule has 3 fully saturated rings. The normalized spacial score (nSPS) is 31.1. The van der Waals surface area contributed by atoms with Gasteiger partial charge in [-0.3, -0.25) is 9.53 Å². The molecular weight excluding hydrogens is 429 g/mol. The van der Waals surface area contributed by atoms with Crippen LogP contribution in [0.5, 0.6) is 0 Å². The van der Waals surface area contributed by atoms with Crippen molar-refractivity contribution in [3.05, 3.63) is 18.4 Å². The highest BCUT2D eigenvalue weighted by atomic mass is 19.4. The summed E-state index contributed by atoms with van der Waals surface area (Å²) in [5, 5.41) is 10.3. The van der Waals surface area contributed by atoms with Crippen LogP contribution in [0.4, 0.5) is 22.0 Å². The van der Waals surface area contributed by atoms with Crippen molar-refractivity contribution in [1.82, 2.24) is 15.5 Å². The van der Waals surface area contributed by atoms with Crippen LogP contribution in [0.15, 0.2) is 11.0 Å². The van der Waals surface area contributed by atoms with Gasteiger partial charge in [-0.05, 0) is 32.1 Å². The van der Waals surface area contributed by atoms with Gasteiger partial charge in [0.2, 0.25) is 17.7 Å². The van der Waals surface area contributed by atoms with Crippen LogP contribution >= 0.6 is 0 Å². The molecule has 2 atom stereocenters. The maximum Gasteiger partial charge on any atom is 0.522 e. The summed E-state index contributed by atoms with van der Waals surface area (Å²) in [6.07, 6.45) is -4.71. The minimum Gasteiger partial charge on any atom is -0.421 e. The summed E-state index contributed by atoms with van der Waals surface area (Å²) < 4.78 is 77.6. The molecule has 1 amide bonds. The van der Waals surface area contributed by atoms with Crippen molar-refractivity contribution in [3.63, 3.8) is 0 Å². The van der Waals surface area contributed by atoms with Gasteiger partial charge in [0.05, 0.1) is 12.2 Å². The lowest BCUT2D eigenvalue weighted by Gasteiger charge is -2.32. The number of halogens is 5. The van der Waals surface area contributed by atoms with Crippen molar-refractivity contribution in [1.29, 1.82) is 0 Å². The molecule has 0 aliphatic heterocycles. The second-order valence-corrected chi connectivity index (χ2v) is 8.29. The van der Waals surface area contributed by atoms with Crippen LogP contribution in [0.3, 0.4) is 0 Å². The molecule has 3 aliphatic rings. The van der Waals surface area contributed by atoms with Crippen molar-refractivity contribution < 1.29 is 40.6 Å². The van der Waals surface area contributed by atoms with Gasteiger partial charge in [-0.2, -0.15) is 0 Å². The quantitative estimate of drug-likeness (QED) is 0.579. The van der Waals surface area contributed by atoms with E-state index in [2.05, 4.69) is 26.8 Å². The van der Waals surface area contributed by atoms with Gasteiger partial charge in [0, 0.05) is 29.9 Å². The second kappa shape index (κ2) is 8.12. The van der Waals surface area contributed by atoms with Crippen molar-refractivity contribution >= 4 is 11.5 Å². The van der Waals surface area contributed by atoms with Crippen LogP contribution in [-0.4, -0.2) is 53.7 Å². The van der Waals surface area contributed by atoms with E-state index in [1.807, 2.05) is 0 Å². The van der Waals surface area contributed by atoms with Gasteiger partial charge < -0.3 is 14.5 Å². The number of carbonyl (C=O) groups excluding carboxylic acids is 1. The summed E-state index contributed by atoms with van der Waals surface area (Å²) in [6.45, 7) is 3.85. The molecule has 7 nitrogen and oxygen atoms in total. The highest BCUT2D eigenvalue weighted by molar-refractivity contribution is 5.77.